The van der Waals surface area contributed by atoms with E-state index in [2.05, 4.69) is 45.1 Å². The quantitative estimate of drug-likeness (QED) is 0.245. The van der Waals surface area contributed by atoms with E-state index in [1.807, 2.05) is 7.11 Å². The maximum Gasteiger partial charge on any atom is 0.0642 e. The molecule has 2 saturated carbocycles. The highest BCUT2D eigenvalue weighted by molar-refractivity contribution is 5.02. The van der Waals surface area contributed by atoms with Gasteiger partial charge in [-0.25, -0.2) is 0 Å². The molecule has 0 spiro atoms. The summed E-state index contributed by atoms with van der Waals surface area (Å²) in [5, 5.41) is 0. The van der Waals surface area contributed by atoms with E-state index in [1.54, 1.807) is 0 Å². The van der Waals surface area contributed by atoms with Gasteiger partial charge >= 0.3 is 0 Å². The molecule has 2 aliphatic rings. The molecular weight excluding hydrogens is 356 g/mol. The highest BCUT2D eigenvalue weighted by atomic mass is 16.5. The van der Waals surface area contributed by atoms with Crippen LogP contribution in [0, 0.1) is 23.7 Å². The lowest BCUT2D eigenvalue weighted by Crippen LogP contribution is -2.39. The van der Waals surface area contributed by atoms with Gasteiger partial charge < -0.3 is 9.47 Å². The summed E-state index contributed by atoms with van der Waals surface area (Å²) in [6, 6.07) is 0. The molecule has 0 aliphatic heterocycles. The van der Waals surface area contributed by atoms with Crippen LogP contribution in [0.1, 0.15) is 97.8 Å². The van der Waals surface area contributed by atoms with E-state index >= 15 is 0 Å². The average molecular weight is 405 g/mol. The minimum absolute atomic E-state index is 0.373. The van der Waals surface area contributed by atoms with E-state index < -0.39 is 0 Å². The fraction of sp³-hybridized carbons (Fsp3) is 0.852. The van der Waals surface area contributed by atoms with Gasteiger partial charge in [0, 0.05) is 19.6 Å². The van der Waals surface area contributed by atoms with Crippen molar-refractivity contribution >= 4 is 0 Å². The van der Waals surface area contributed by atoms with Crippen molar-refractivity contribution < 1.29 is 9.47 Å². The minimum Gasteiger partial charge on any atom is -0.381 e. The zero-order valence-electron chi connectivity index (χ0n) is 19.8. The molecule has 2 nitrogen and oxygen atoms in total. The summed E-state index contributed by atoms with van der Waals surface area (Å²) in [4.78, 5) is 0. The molecule has 0 radical (unpaired) electrons. The Morgan fingerprint density at radius 1 is 0.828 bits per heavy atom. The number of methoxy groups -OCH3 is 1. The molecule has 0 heterocycles. The van der Waals surface area contributed by atoms with Crippen LogP contribution in [0.2, 0.25) is 0 Å². The Hall–Kier alpha value is -0.600. The lowest BCUT2D eigenvalue weighted by molar-refractivity contribution is -0.0664. The Kier molecular flexibility index (Phi) is 12.3. The Morgan fingerprint density at radius 3 is 2.28 bits per heavy atom. The molecule has 6 atom stereocenters. The molecule has 2 rings (SSSR count). The van der Waals surface area contributed by atoms with Crippen molar-refractivity contribution in [1.82, 2.24) is 0 Å². The van der Waals surface area contributed by atoms with Crippen LogP contribution in [0.25, 0.3) is 0 Å². The van der Waals surface area contributed by atoms with Gasteiger partial charge in [-0.3, -0.25) is 0 Å². The van der Waals surface area contributed by atoms with Gasteiger partial charge in [0.25, 0.3) is 0 Å². The highest BCUT2D eigenvalue weighted by Gasteiger charge is 2.34. The second-order valence-corrected chi connectivity index (χ2v) is 9.66. The molecule has 0 aromatic heterocycles. The minimum atomic E-state index is 0.373. The summed E-state index contributed by atoms with van der Waals surface area (Å²) < 4.78 is 12.3. The first-order valence-corrected chi connectivity index (χ1v) is 12.6. The number of unbranched alkanes of at least 4 members (excludes halogenated alkanes) is 5. The first kappa shape index (κ1) is 24.7. The average Bonchev–Trinajstić information content (AvgIpc) is 2.73. The Labute approximate surface area is 181 Å². The van der Waals surface area contributed by atoms with Crippen molar-refractivity contribution in [2.45, 2.75) is 110 Å². The lowest BCUT2D eigenvalue weighted by Gasteiger charge is -2.38. The Bertz CT molecular complexity index is 469. The van der Waals surface area contributed by atoms with Crippen molar-refractivity contribution in [3.63, 3.8) is 0 Å². The molecule has 2 heteroatoms. The Morgan fingerprint density at radius 2 is 1.55 bits per heavy atom. The van der Waals surface area contributed by atoms with E-state index in [1.165, 1.54) is 64.2 Å². The third-order valence-corrected chi connectivity index (χ3v) is 7.20. The van der Waals surface area contributed by atoms with Crippen molar-refractivity contribution in [1.29, 1.82) is 0 Å². The molecule has 2 aliphatic carbocycles. The van der Waals surface area contributed by atoms with Gasteiger partial charge in [0.2, 0.25) is 0 Å². The van der Waals surface area contributed by atoms with E-state index in [0.717, 1.165) is 31.3 Å². The third-order valence-electron chi connectivity index (χ3n) is 7.20. The van der Waals surface area contributed by atoms with Gasteiger partial charge in [-0.15, -0.1) is 0 Å². The van der Waals surface area contributed by atoms with Crippen LogP contribution in [0.4, 0.5) is 0 Å². The molecule has 0 aromatic rings. The zero-order chi connectivity index (χ0) is 20.9. The third kappa shape index (κ3) is 8.97. The first-order chi connectivity index (χ1) is 14.2. The molecule has 0 saturated heterocycles. The van der Waals surface area contributed by atoms with Crippen molar-refractivity contribution in [3.05, 3.63) is 24.3 Å². The zero-order valence-corrected chi connectivity index (χ0v) is 19.8. The van der Waals surface area contributed by atoms with Crippen LogP contribution in [0.15, 0.2) is 24.3 Å². The van der Waals surface area contributed by atoms with Crippen LogP contribution >= 0.6 is 0 Å². The van der Waals surface area contributed by atoms with Gasteiger partial charge in [-0.05, 0) is 63.2 Å². The van der Waals surface area contributed by atoms with Crippen molar-refractivity contribution in [3.8, 4) is 0 Å². The fourth-order valence-corrected chi connectivity index (χ4v) is 5.37. The topological polar surface area (TPSA) is 18.5 Å². The second kappa shape index (κ2) is 14.4. The second-order valence-electron chi connectivity index (χ2n) is 9.66. The maximum absolute atomic E-state index is 6.45. The van der Waals surface area contributed by atoms with Gasteiger partial charge in [-0.1, -0.05) is 76.7 Å². The largest absolute Gasteiger partial charge is 0.381 e. The molecule has 2 fully saturated rings. The van der Waals surface area contributed by atoms with Crippen LogP contribution in [-0.4, -0.2) is 25.9 Å². The van der Waals surface area contributed by atoms with Gasteiger partial charge in [0.05, 0.1) is 12.2 Å². The summed E-state index contributed by atoms with van der Waals surface area (Å²) in [5.74, 6) is 2.62. The predicted molar refractivity (Wildman–Crippen MR) is 125 cm³/mol. The molecule has 0 amide bonds. The number of ether oxygens (including phenoxy) is 2. The molecule has 0 aromatic carbocycles. The number of hydrogen-bond acceptors (Lipinski definition) is 2. The smallest absolute Gasteiger partial charge is 0.0642 e. The molecule has 6 unspecified atom stereocenters. The number of hydrogen-bond donors (Lipinski definition) is 0. The summed E-state index contributed by atoms with van der Waals surface area (Å²) in [7, 11) is 1.88. The van der Waals surface area contributed by atoms with Crippen LogP contribution in [0.3, 0.4) is 0 Å². The molecule has 29 heavy (non-hydrogen) atoms. The van der Waals surface area contributed by atoms with E-state index in [0.29, 0.717) is 24.0 Å². The number of rotatable bonds is 12. The fourth-order valence-electron chi connectivity index (χ4n) is 5.37. The number of allylic oxidation sites excluding steroid dienone is 3. The molecular formula is C27H48O2. The SMILES string of the molecule is CC=CC1CCCC(C=CC2CC(OC)C(C)CC2OCCCCCCCC)C1. The van der Waals surface area contributed by atoms with Gasteiger partial charge in [-0.2, -0.15) is 0 Å². The van der Waals surface area contributed by atoms with Gasteiger partial charge in [0.15, 0.2) is 0 Å². The maximum atomic E-state index is 6.45. The standard InChI is InChI=1S/C27H48O2/c1-5-7-8-9-10-11-18-29-27-19-22(3)26(28-4)21-25(27)17-16-24-15-12-14-23(20-24)13-6-2/h6,13,16-17,22-27H,5,7-12,14-15,18-21H2,1-4H3. The van der Waals surface area contributed by atoms with E-state index in [-0.39, 0.29) is 0 Å². The van der Waals surface area contributed by atoms with E-state index in [4.69, 9.17) is 9.47 Å². The molecule has 168 valence electrons. The first-order valence-electron chi connectivity index (χ1n) is 12.6. The van der Waals surface area contributed by atoms with Crippen LogP contribution < -0.4 is 0 Å². The summed E-state index contributed by atoms with van der Waals surface area (Å²) >= 11 is 0. The van der Waals surface area contributed by atoms with Gasteiger partial charge in [0.1, 0.15) is 0 Å². The van der Waals surface area contributed by atoms with Crippen LogP contribution in [0.5, 0.6) is 0 Å². The molecule has 0 bridgehead atoms. The van der Waals surface area contributed by atoms with Crippen LogP contribution in [-0.2, 0) is 9.47 Å². The lowest BCUT2D eigenvalue weighted by atomic mass is 9.76. The normalized spacial score (nSPS) is 33.7. The highest BCUT2D eigenvalue weighted by Crippen LogP contribution is 2.36. The summed E-state index contributed by atoms with van der Waals surface area (Å²) in [6.45, 7) is 7.69. The predicted octanol–water partition coefficient (Wildman–Crippen LogP) is 7.73. The van der Waals surface area contributed by atoms with Crippen molar-refractivity contribution in [2.24, 2.45) is 23.7 Å². The van der Waals surface area contributed by atoms with E-state index in [9.17, 15) is 0 Å². The Balaban J connectivity index is 1.84. The monoisotopic (exact) mass is 404 g/mol. The molecule has 0 N–H and O–H groups in total. The summed E-state index contributed by atoms with van der Waals surface area (Å²) in [5.41, 5.74) is 0. The summed E-state index contributed by atoms with van der Waals surface area (Å²) in [6.07, 6.45) is 26.1. The van der Waals surface area contributed by atoms with Crippen molar-refractivity contribution in [2.75, 3.05) is 13.7 Å².